The Morgan fingerprint density at radius 3 is 2.89 bits per heavy atom. The SMILES string of the molecule is COCCn1cc(NC(=O)CNCC(F)(F)F)cn1. The first kappa shape index (κ1) is 15.4. The summed E-state index contributed by atoms with van der Waals surface area (Å²) < 4.78 is 41.9. The monoisotopic (exact) mass is 280 g/mol. The van der Waals surface area contributed by atoms with Crippen molar-refractivity contribution in [2.45, 2.75) is 12.7 Å². The predicted molar refractivity (Wildman–Crippen MR) is 61.7 cm³/mol. The van der Waals surface area contributed by atoms with Crippen LogP contribution in [0.3, 0.4) is 0 Å². The van der Waals surface area contributed by atoms with Crippen LogP contribution in [0.4, 0.5) is 18.9 Å². The molecule has 0 saturated heterocycles. The zero-order valence-electron chi connectivity index (χ0n) is 10.3. The topological polar surface area (TPSA) is 68.2 Å². The Morgan fingerprint density at radius 2 is 2.26 bits per heavy atom. The number of methoxy groups -OCH3 is 1. The van der Waals surface area contributed by atoms with Crippen LogP contribution in [-0.2, 0) is 16.1 Å². The van der Waals surface area contributed by atoms with Crippen molar-refractivity contribution in [3.63, 3.8) is 0 Å². The van der Waals surface area contributed by atoms with Crippen molar-refractivity contribution in [3.8, 4) is 0 Å². The Balaban J connectivity index is 2.30. The third kappa shape index (κ3) is 6.77. The van der Waals surface area contributed by atoms with Crippen LogP contribution in [0.1, 0.15) is 0 Å². The van der Waals surface area contributed by atoms with Gasteiger partial charge in [0.15, 0.2) is 0 Å². The van der Waals surface area contributed by atoms with E-state index in [4.69, 9.17) is 4.74 Å². The molecule has 108 valence electrons. The Kier molecular flexibility index (Phi) is 5.77. The van der Waals surface area contributed by atoms with Crippen LogP contribution in [0.5, 0.6) is 0 Å². The molecule has 6 nitrogen and oxygen atoms in total. The second kappa shape index (κ2) is 7.10. The molecule has 0 saturated carbocycles. The third-order valence-electron chi connectivity index (χ3n) is 2.05. The van der Waals surface area contributed by atoms with Gasteiger partial charge in [0.05, 0.1) is 38.1 Å². The molecule has 0 atom stereocenters. The van der Waals surface area contributed by atoms with Gasteiger partial charge >= 0.3 is 6.18 Å². The molecule has 1 aromatic rings. The lowest BCUT2D eigenvalue weighted by atomic mass is 10.5. The minimum Gasteiger partial charge on any atom is -0.383 e. The van der Waals surface area contributed by atoms with E-state index in [0.29, 0.717) is 18.8 Å². The van der Waals surface area contributed by atoms with Crippen LogP contribution in [0.15, 0.2) is 12.4 Å². The van der Waals surface area contributed by atoms with E-state index in [9.17, 15) is 18.0 Å². The number of carbonyl (C=O) groups excluding carboxylic acids is 1. The largest absolute Gasteiger partial charge is 0.401 e. The van der Waals surface area contributed by atoms with Crippen LogP contribution in [0.2, 0.25) is 0 Å². The fourth-order valence-electron chi connectivity index (χ4n) is 1.26. The Morgan fingerprint density at radius 1 is 1.53 bits per heavy atom. The van der Waals surface area contributed by atoms with E-state index in [0.717, 1.165) is 0 Å². The lowest BCUT2D eigenvalue weighted by Gasteiger charge is -2.07. The van der Waals surface area contributed by atoms with Gasteiger partial charge in [-0.2, -0.15) is 18.3 Å². The van der Waals surface area contributed by atoms with Crippen molar-refractivity contribution in [2.75, 3.05) is 32.1 Å². The molecule has 1 rings (SSSR count). The number of hydrogen-bond acceptors (Lipinski definition) is 4. The zero-order valence-corrected chi connectivity index (χ0v) is 10.3. The van der Waals surface area contributed by atoms with E-state index in [-0.39, 0.29) is 0 Å². The summed E-state index contributed by atoms with van der Waals surface area (Å²) >= 11 is 0. The molecule has 0 aliphatic heterocycles. The fourth-order valence-corrected chi connectivity index (χ4v) is 1.26. The minimum atomic E-state index is -4.33. The number of nitrogens with zero attached hydrogens (tertiary/aromatic N) is 2. The summed E-state index contributed by atoms with van der Waals surface area (Å²) in [4.78, 5) is 11.3. The Hall–Kier alpha value is -1.61. The van der Waals surface area contributed by atoms with E-state index in [1.807, 2.05) is 5.32 Å². The summed E-state index contributed by atoms with van der Waals surface area (Å²) in [5.74, 6) is -0.560. The van der Waals surface area contributed by atoms with Gasteiger partial charge in [-0.25, -0.2) is 0 Å². The number of aromatic nitrogens is 2. The van der Waals surface area contributed by atoms with Gasteiger partial charge in [0.1, 0.15) is 0 Å². The molecule has 0 bridgehead atoms. The first-order valence-corrected chi connectivity index (χ1v) is 5.49. The number of hydrogen-bond donors (Lipinski definition) is 2. The second-order valence-corrected chi connectivity index (χ2v) is 3.75. The molecule has 1 amide bonds. The quantitative estimate of drug-likeness (QED) is 0.768. The highest BCUT2D eigenvalue weighted by Gasteiger charge is 2.26. The highest BCUT2D eigenvalue weighted by Crippen LogP contribution is 2.12. The molecule has 0 aromatic carbocycles. The van der Waals surface area contributed by atoms with Crippen LogP contribution in [0.25, 0.3) is 0 Å². The summed E-state index contributed by atoms with van der Waals surface area (Å²) in [5.41, 5.74) is 0.426. The normalized spacial score (nSPS) is 11.6. The molecular weight excluding hydrogens is 265 g/mol. The van der Waals surface area contributed by atoms with Crippen molar-refractivity contribution in [3.05, 3.63) is 12.4 Å². The first-order valence-electron chi connectivity index (χ1n) is 5.49. The molecule has 2 N–H and O–H groups in total. The summed E-state index contributed by atoms with van der Waals surface area (Å²) in [5, 5.41) is 8.38. The maximum atomic E-state index is 11.8. The number of halogens is 3. The van der Waals surface area contributed by atoms with Crippen molar-refractivity contribution in [2.24, 2.45) is 0 Å². The number of anilines is 1. The third-order valence-corrected chi connectivity index (χ3v) is 2.05. The van der Waals surface area contributed by atoms with E-state index in [2.05, 4.69) is 10.4 Å². The van der Waals surface area contributed by atoms with E-state index >= 15 is 0 Å². The molecule has 0 fully saturated rings. The first-order chi connectivity index (χ1) is 8.90. The number of ether oxygens (including phenoxy) is 1. The minimum absolute atomic E-state index is 0.414. The molecule has 1 heterocycles. The summed E-state index contributed by atoms with van der Waals surface area (Å²) in [6, 6.07) is 0. The lowest BCUT2D eigenvalue weighted by Crippen LogP contribution is -2.35. The predicted octanol–water partition coefficient (Wildman–Crippen LogP) is 0.620. The van der Waals surface area contributed by atoms with Gasteiger partial charge in [-0.05, 0) is 0 Å². The summed E-state index contributed by atoms with van der Waals surface area (Å²) in [6.45, 7) is -0.614. The van der Waals surface area contributed by atoms with E-state index < -0.39 is 25.2 Å². The van der Waals surface area contributed by atoms with E-state index in [1.165, 1.54) is 6.20 Å². The molecular formula is C10H15F3N4O2. The number of rotatable bonds is 7. The number of nitrogens with one attached hydrogen (secondary N) is 2. The van der Waals surface area contributed by atoms with Gasteiger partial charge in [0.2, 0.25) is 5.91 Å². The number of amides is 1. The van der Waals surface area contributed by atoms with Gasteiger partial charge in [-0.1, -0.05) is 0 Å². The van der Waals surface area contributed by atoms with Gasteiger partial charge in [0.25, 0.3) is 0 Å². The van der Waals surface area contributed by atoms with Gasteiger partial charge in [-0.3, -0.25) is 9.48 Å². The molecule has 0 unspecified atom stereocenters. The lowest BCUT2D eigenvalue weighted by molar-refractivity contribution is -0.126. The maximum absolute atomic E-state index is 11.8. The smallest absolute Gasteiger partial charge is 0.383 e. The van der Waals surface area contributed by atoms with Crippen molar-refractivity contribution < 1.29 is 22.7 Å². The van der Waals surface area contributed by atoms with Crippen LogP contribution in [0, 0.1) is 0 Å². The fraction of sp³-hybridized carbons (Fsp3) is 0.600. The van der Waals surface area contributed by atoms with Gasteiger partial charge in [0, 0.05) is 13.3 Å². The van der Waals surface area contributed by atoms with Gasteiger partial charge in [-0.15, -0.1) is 0 Å². The van der Waals surface area contributed by atoms with Crippen molar-refractivity contribution in [1.29, 1.82) is 0 Å². The average Bonchev–Trinajstić information content (AvgIpc) is 2.72. The maximum Gasteiger partial charge on any atom is 0.401 e. The van der Waals surface area contributed by atoms with Crippen LogP contribution < -0.4 is 10.6 Å². The Labute approximate surface area is 107 Å². The summed E-state index contributed by atoms with van der Waals surface area (Å²) in [6.07, 6.45) is -1.34. The standard InChI is InChI=1S/C10H15F3N4O2/c1-19-3-2-17-6-8(4-15-17)16-9(18)5-14-7-10(11,12)13/h4,6,14H,2-3,5,7H2,1H3,(H,16,18). The number of carbonyl (C=O) groups is 1. The van der Waals surface area contributed by atoms with Crippen LogP contribution in [-0.4, -0.2) is 48.7 Å². The molecule has 0 spiro atoms. The summed E-state index contributed by atoms with van der Waals surface area (Å²) in [7, 11) is 1.55. The highest BCUT2D eigenvalue weighted by molar-refractivity contribution is 5.91. The van der Waals surface area contributed by atoms with Crippen molar-refractivity contribution in [1.82, 2.24) is 15.1 Å². The van der Waals surface area contributed by atoms with Crippen LogP contribution >= 0.6 is 0 Å². The van der Waals surface area contributed by atoms with E-state index in [1.54, 1.807) is 18.0 Å². The van der Waals surface area contributed by atoms with Gasteiger partial charge < -0.3 is 15.4 Å². The molecule has 1 aromatic heterocycles. The molecule has 9 heteroatoms. The second-order valence-electron chi connectivity index (χ2n) is 3.75. The highest BCUT2D eigenvalue weighted by atomic mass is 19.4. The molecule has 19 heavy (non-hydrogen) atoms. The molecule has 0 aliphatic carbocycles. The zero-order chi connectivity index (χ0) is 14.3. The Bertz CT molecular complexity index is 406. The van der Waals surface area contributed by atoms with Crippen molar-refractivity contribution >= 4 is 11.6 Å². The molecule has 0 radical (unpaired) electrons. The average molecular weight is 280 g/mol. The molecule has 0 aliphatic rings. The number of alkyl halides is 3.